The number of hydrogen-bond acceptors (Lipinski definition) is 5. The molecule has 1 aliphatic carbocycles. The molecule has 0 spiro atoms. The first kappa shape index (κ1) is 12.0. The molecule has 2 aromatic carbocycles. The van der Waals surface area contributed by atoms with Gasteiger partial charge < -0.3 is 0 Å². The minimum atomic E-state index is -0.584. The summed E-state index contributed by atoms with van der Waals surface area (Å²) in [6.45, 7) is 0. The lowest BCUT2D eigenvalue weighted by molar-refractivity contribution is -0.385. The predicted molar refractivity (Wildman–Crippen MR) is 68.6 cm³/mol. The Morgan fingerprint density at radius 3 is 1.75 bits per heavy atom. The van der Waals surface area contributed by atoms with Gasteiger partial charge in [-0.2, -0.15) is 0 Å². The number of carbonyl (C=O) groups excluding carboxylic acids is 1. The minimum Gasteiger partial charge on any atom is -0.289 e. The average molecular weight is 270 g/mol. The molecule has 0 radical (unpaired) electrons. The van der Waals surface area contributed by atoms with Crippen molar-refractivity contribution >= 4 is 17.2 Å². The van der Waals surface area contributed by atoms with Crippen LogP contribution in [0, 0.1) is 20.2 Å². The number of hydrogen-bond donors (Lipinski definition) is 0. The van der Waals surface area contributed by atoms with Crippen molar-refractivity contribution in [2.24, 2.45) is 0 Å². The van der Waals surface area contributed by atoms with Crippen molar-refractivity contribution in [3.8, 4) is 11.1 Å². The molecule has 1 aliphatic rings. The Labute approximate surface area is 111 Å². The molecule has 98 valence electrons. The highest BCUT2D eigenvalue weighted by Gasteiger charge is 2.29. The zero-order valence-electron chi connectivity index (χ0n) is 9.90. The Balaban J connectivity index is 2.23. The van der Waals surface area contributed by atoms with Crippen LogP contribution in [0.25, 0.3) is 11.1 Å². The highest BCUT2D eigenvalue weighted by Crippen LogP contribution is 2.39. The van der Waals surface area contributed by atoms with Gasteiger partial charge in [-0.3, -0.25) is 25.0 Å². The van der Waals surface area contributed by atoms with Crippen LogP contribution in [0.2, 0.25) is 0 Å². The molecular formula is C13H6N2O5. The fourth-order valence-electron chi connectivity index (χ4n) is 2.28. The predicted octanol–water partition coefficient (Wildman–Crippen LogP) is 2.71. The third kappa shape index (κ3) is 1.57. The number of nitro groups is 2. The van der Waals surface area contributed by atoms with E-state index in [-0.39, 0.29) is 22.7 Å². The number of nitro benzene ring substituents is 2. The third-order valence-electron chi connectivity index (χ3n) is 3.21. The SMILES string of the molecule is O=C1c2cc([N+](=O)[O-])ccc2-c2cc([N+](=O)[O-])ccc21. The maximum atomic E-state index is 12.2. The molecule has 0 fully saturated rings. The van der Waals surface area contributed by atoms with E-state index in [2.05, 4.69) is 0 Å². The van der Waals surface area contributed by atoms with E-state index < -0.39 is 9.85 Å². The van der Waals surface area contributed by atoms with Crippen LogP contribution in [-0.4, -0.2) is 15.6 Å². The van der Waals surface area contributed by atoms with E-state index in [1.807, 2.05) is 0 Å². The second kappa shape index (κ2) is 3.95. The fraction of sp³-hybridized carbons (Fsp3) is 0. The number of nitrogens with zero attached hydrogens (tertiary/aromatic N) is 2. The van der Waals surface area contributed by atoms with Crippen molar-refractivity contribution in [3.05, 3.63) is 67.8 Å². The molecule has 0 amide bonds. The molecule has 0 saturated heterocycles. The molecule has 3 rings (SSSR count). The lowest BCUT2D eigenvalue weighted by Gasteiger charge is -1.99. The van der Waals surface area contributed by atoms with Crippen molar-refractivity contribution in [2.75, 3.05) is 0 Å². The molecule has 0 N–H and O–H groups in total. The van der Waals surface area contributed by atoms with Crippen LogP contribution in [0.1, 0.15) is 15.9 Å². The zero-order chi connectivity index (χ0) is 14.4. The van der Waals surface area contributed by atoms with Crippen molar-refractivity contribution in [1.29, 1.82) is 0 Å². The van der Waals surface area contributed by atoms with Gasteiger partial charge in [0.15, 0.2) is 5.78 Å². The first-order valence-corrected chi connectivity index (χ1v) is 5.61. The molecule has 0 atom stereocenters. The molecule has 0 unspecified atom stereocenters. The Hall–Kier alpha value is -3.09. The van der Waals surface area contributed by atoms with Gasteiger partial charge in [-0.05, 0) is 17.7 Å². The van der Waals surface area contributed by atoms with Gasteiger partial charge in [0.05, 0.1) is 9.85 Å². The van der Waals surface area contributed by atoms with Gasteiger partial charge in [0.25, 0.3) is 11.4 Å². The van der Waals surface area contributed by atoms with E-state index in [4.69, 9.17) is 0 Å². The Morgan fingerprint density at radius 2 is 1.20 bits per heavy atom. The second-order valence-electron chi connectivity index (χ2n) is 4.30. The third-order valence-corrected chi connectivity index (χ3v) is 3.21. The van der Waals surface area contributed by atoms with Gasteiger partial charge in [-0.1, -0.05) is 0 Å². The normalized spacial score (nSPS) is 11.9. The summed E-state index contributed by atoms with van der Waals surface area (Å²) in [6, 6.07) is 7.86. The van der Waals surface area contributed by atoms with Crippen molar-refractivity contribution in [3.63, 3.8) is 0 Å². The molecule has 0 heterocycles. The molecule has 2 aromatic rings. The zero-order valence-corrected chi connectivity index (χ0v) is 9.90. The summed E-state index contributed by atoms with van der Waals surface area (Å²) in [5.74, 6) is -0.353. The molecule has 7 heteroatoms. The van der Waals surface area contributed by atoms with Crippen molar-refractivity contribution in [1.82, 2.24) is 0 Å². The summed E-state index contributed by atoms with van der Waals surface area (Å²) in [6.07, 6.45) is 0. The van der Waals surface area contributed by atoms with Gasteiger partial charge in [0.2, 0.25) is 0 Å². The van der Waals surface area contributed by atoms with Crippen molar-refractivity contribution in [2.45, 2.75) is 0 Å². The number of rotatable bonds is 2. The number of fused-ring (bicyclic) bond motifs is 3. The molecule has 7 nitrogen and oxygen atoms in total. The number of non-ortho nitro benzene ring substituents is 2. The first-order valence-electron chi connectivity index (χ1n) is 5.61. The van der Waals surface area contributed by atoms with E-state index in [0.29, 0.717) is 16.7 Å². The Bertz CT molecular complexity index is 797. The lowest BCUT2D eigenvalue weighted by atomic mass is 10.0. The number of carbonyl (C=O) groups is 1. The summed E-state index contributed by atoms with van der Waals surface area (Å²) < 4.78 is 0. The Morgan fingerprint density at radius 1 is 0.700 bits per heavy atom. The Kier molecular flexibility index (Phi) is 2.37. The van der Waals surface area contributed by atoms with Crippen LogP contribution in [0.15, 0.2) is 36.4 Å². The van der Waals surface area contributed by atoms with E-state index >= 15 is 0 Å². The minimum absolute atomic E-state index is 0.122. The van der Waals surface area contributed by atoms with Gasteiger partial charge in [-0.15, -0.1) is 0 Å². The van der Waals surface area contributed by atoms with Crippen LogP contribution in [0.4, 0.5) is 11.4 Å². The standard InChI is InChI=1S/C13H6N2O5/c16-13-10-4-2-7(14(17)18)5-11(10)9-3-1-8(15(19)20)6-12(9)13/h1-6H. The molecule has 0 saturated carbocycles. The largest absolute Gasteiger partial charge is 0.289 e. The fourth-order valence-corrected chi connectivity index (χ4v) is 2.28. The van der Waals surface area contributed by atoms with E-state index in [0.717, 1.165) is 0 Å². The molecule has 0 aliphatic heterocycles. The summed E-state index contributed by atoms with van der Waals surface area (Å²) >= 11 is 0. The van der Waals surface area contributed by atoms with Crippen LogP contribution in [0.3, 0.4) is 0 Å². The van der Waals surface area contributed by atoms with Crippen LogP contribution in [-0.2, 0) is 0 Å². The van der Waals surface area contributed by atoms with Crippen LogP contribution < -0.4 is 0 Å². The lowest BCUT2D eigenvalue weighted by Crippen LogP contribution is -1.97. The van der Waals surface area contributed by atoms with Gasteiger partial charge in [-0.25, -0.2) is 0 Å². The maximum absolute atomic E-state index is 12.2. The molecular weight excluding hydrogens is 264 g/mol. The quantitative estimate of drug-likeness (QED) is 0.526. The van der Waals surface area contributed by atoms with Crippen LogP contribution >= 0.6 is 0 Å². The number of ketones is 1. The molecule has 0 aromatic heterocycles. The first-order chi connectivity index (χ1) is 9.49. The number of benzene rings is 2. The average Bonchev–Trinajstić information content (AvgIpc) is 2.71. The topological polar surface area (TPSA) is 103 Å². The van der Waals surface area contributed by atoms with Gasteiger partial charge >= 0.3 is 0 Å². The van der Waals surface area contributed by atoms with E-state index in [1.165, 1.54) is 36.4 Å². The van der Waals surface area contributed by atoms with E-state index in [1.54, 1.807) is 0 Å². The monoisotopic (exact) mass is 270 g/mol. The van der Waals surface area contributed by atoms with Crippen molar-refractivity contribution < 1.29 is 14.6 Å². The van der Waals surface area contributed by atoms with E-state index in [9.17, 15) is 25.0 Å². The summed E-state index contributed by atoms with van der Waals surface area (Å²) in [5.41, 5.74) is 1.15. The molecule has 20 heavy (non-hydrogen) atoms. The van der Waals surface area contributed by atoms with Gasteiger partial charge in [0.1, 0.15) is 0 Å². The van der Waals surface area contributed by atoms with Gasteiger partial charge in [0, 0.05) is 41.0 Å². The highest BCUT2D eigenvalue weighted by molar-refractivity contribution is 6.22. The summed E-state index contributed by atoms with van der Waals surface area (Å²) in [4.78, 5) is 32.5. The smallest absolute Gasteiger partial charge is 0.270 e. The summed E-state index contributed by atoms with van der Waals surface area (Å²) in [5, 5.41) is 21.5. The highest BCUT2D eigenvalue weighted by atomic mass is 16.6. The summed E-state index contributed by atoms with van der Waals surface area (Å²) in [7, 11) is 0. The molecule has 0 bridgehead atoms. The second-order valence-corrected chi connectivity index (χ2v) is 4.30. The van der Waals surface area contributed by atoms with Crippen LogP contribution in [0.5, 0.6) is 0 Å². The maximum Gasteiger partial charge on any atom is 0.270 e.